The van der Waals surface area contributed by atoms with Crippen molar-refractivity contribution >= 4 is 17.3 Å². The van der Waals surface area contributed by atoms with Gasteiger partial charge in [-0.25, -0.2) is 0 Å². The van der Waals surface area contributed by atoms with Crippen LogP contribution in [0.4, 0.5) is 11.4 Å². The van der Waals surface area contributed by atoms with Gasteiger partial charge in [0, 0.05) is 6.54 Å². The number of carbonyl (C=O) groups excluding carboxylic acids is 1. The van der Waals surface area contributed by atoms with Gasteiger partial charge in [-0.15, -0.1) is 0 Å². The number of hydrogen-bond donors (Lipinski definition) is 1. The van der Waals surface area contributed by atoms with Gasteiger partial charge in [-0.05, 0) is 39.2 Å². The fourth-order valence-electron chi connectivity index (χ4n) is 2.08. The Balaban J connectivity index is 2.05. The third-order valence-electron chi connectivity index (χ3n) is 2.89. The summed E-state index contributed by atoms with van der Waals surface area (Å²) in [4.78, 5) is 15.9. The van der Waals surface area contributed by atoms with Gasteiger partial charge in [-0.3, -0.25) is 4.79 Å². The first-order valence-electron chi connectivity index (χ1n) is 5.95. The van der Waals surface area contributed by atoms with Gasteiger partial charge in [0.25, 0.3) is 0 Å². The van der Waals surface area contributed by atoms with E-state index in [2.05, 4.69) is 35.3 Å². The summed E-state index contributed by atoms with van der Waals surface area (Å²) in [6.07, 6.45) is 1.06. The lowest BCUT2D eigenvalue weighted by atomic mass is 10.2. The Labute approximate surface area is 102 Å². The minimum absolute atomic E-state index is 0.0774. The van der Waals surface area contributed by atoms with Crippen molar-refractivity contribution < 1.29 is 4.79 Å². The van der Waals surface area contributed by atoms with Crippen LogP contribution < -0.4 is 10.2 Å². The summed E-state index contributed by atoms with van der Waals surface area (Å²) in [6, 6.07) is 7.97. The SMILES string of the molecule is CN(C)CCCN1CC(=O)Nc2ccccc21. The van der Waals surface area contributed by atoms with Crippen LogP contribution in [0.3, 0.4) is 0 Å². The maximum Gasteiger partial charge on any atom is 0.243 e. The summed E-state index contributed by atoms with van der Waals surface area (Å²) in [6.45, 7) is 2.42. The molecule has 0 aromatic heterocycles. The average molecular weight is 233 g/mol. The Morgan fingerprint density at radius 1 is 1.35 bits per heavy atom. The number of para-hydroxylation sites is 2. The molecule has 1 aromatic carbocycles. The van der Waals surface area contributed by atoms with Gasteiger partial charge in [0.15, 0.2) is 0 Å². The van der Waals surface area contributed by atoms with E-state index < -0.39 is 0 Å². The molecule has 0 spiro atoms. The predicted octanol–water partition coefficient (Wildman–Crippen LogP) is 1.40. The smallest absolute Gasteiger partial charge is 0.243 e. The van der Waals surface area contributed by atoms with Crippen molar-refractivity contribution in [2.24, 2.45) is 0 Å². The lowest BCUT2D eigenvalue weighted by molar-refractivity contribution is -0.115. The number of fused-ring (bicyclic) bond motifs is 1. The van der Waals surface area contributed by atoms with Gasteiger partial charge in [0.2, 0.25) is 5.91 Å². The van der Waals surface area contributed by atoms with Gasteiger partial charge in [-0.1, -0.05) is 12.1 Å². The number of nitrogens with zero attached hydrogens (tertiary/aromatic N) is 2. The van der Waals surface area contributed by atoms with Crippen molar-refractivity contribution in [1.29, 1.82) is 0 Å². The molecule has 4 heteroatoms. The van der Waals surface area contributed by atoms with Gasteiger partial charge < -0.3 is 15.1 Å². The molecule has 0 saturated heterocycles. The summed E-state index contributed by atoms with van der Waals surface area (Å²) < 4.78 is 0. The maximum absolute atomic E-state index is 11.6. The highest BCUT2D eigenvalue weighted by molar-refractivity contribution is 6.01. The van der Waals surface area contributed by atoms with Crippen molar-refractivity contribution in [2.75, 3.05) is 43.9 Å². The molecule has 0 bridgehead atoms. The van der Waals surface area contributed by atoms with Gasteiger partial charge in [-0.2, -0.15) is 0 Å². The third-order valence-corrected chi connectivity index (χ3v) is 2.89. The van der Waals surface area contributed by atoms with Crippen LogP contribution in [0.15, 0.2) is 24.3 Å². The van der Waals surface area contributed by atoms with Crippen molar-refractivity contribution in [3.05, 3.63) is 24.3 Å². The first kappa shape index (κ1) is 11.9. The monoisotopic (exact) mass is 233 g/mol. The highest BCUT2D eigenvalue weighted by atomic mass is 16.2. The summed E-state index contributed by atoms with van der Waals surface area (Å²) in [5.41, 5.74) is 2.06. The highest BCUT2D eigenvalue weighted by Crippen LogP contribution is 2.28. The third kappa shape index (κ3) is 2.97. The quantitative estimate of drug-likeness (QED) is 0.853. The second-order valence-corrected chi connectivity index (χ2v) is 4.64. The van der Waals surface area contributed by atoms with Gasteiger partial charge in [0.05, 0.1) is 17.9 Å². The topological polar surface area (TPSA) is 35.6 Å². The molecule has 1 heterocycles. The summed E-state index contributed by atoms with van der Waals surface area (Å²) in [5, 5.41) is 2.90. The Hall–Kier alpha value is -1.55. The number of carbonyl (C=O) groups is 1. The number of nitrogens with one attached hydrogen (secondary N) is 1. The largest absolute Gasteiger partial charge is 0.360 e. The number of amides is 1. The standard InChI is InChI=1S/C13H19N3O/c1-15(2)8-5-9-16-10-13(17)14-11-6-3-4-7-12(11)16/h3-4,6-7H,5,8-10H2,1-2H3,(H,14,17). The second kappa shape index (κ2) is 5.19. The fourth-order valence-corrected chi connectivity index (χ4v) is 2.08. The Bertz CT molecular complexity index is 403. The zero-order valence-corrected chi connectivity index (χ0v) is 10.4. The lowest BCUT2D eigenvalue weighted by Gasteiger charge is -2.31. The summed E-state index contributed by atoms with van der Waals surface area (Å²) >= 11 is 0. The molecule has 17 heavy (non-hydrogen) atoms. The van der Waals surface area contributed by atoms with E-state index in [1.807, 2.05) is 18.2 Å². The second-order valence-electron chi connectivity index (χ2n) is 4.64. The first-order valence-corrected chi connectivity index (χ1v) is 5.95. The van der Waals surface area contributed by atoms with Crippen molar-refractivity contribution in [3.8, 4) is 0 Å². The number of anilines is 2. The van der Waals surface area contributed by atoms with Crippen LogP contribution in [0.5, 0.6) is 0 Å². The molecule has 4 nitrogen and oxygen atoms in total. The zero-order chi connectivity index (χ0) is 12.3. The van der Waals surface area contributed by atoms with Crippen molar-refractivity contribution in [1.82, 2.24) is 4.90 Å². The van der Waals surface area contributed by atoms with E-state index in [9.17, 15) is 4.79 Å². The van der Waals surface area contributed by atoms with E-state index >= 15 is 0 Å². The van der Waals surface area contributed by atoms with Crippen molar-refractivity contribution in [2.45, 2.75) is 6.42 Å². The molecule has 1 amide bonds. The molecule has 2 rings (SSSR count). The molecule has 0 fully saturated rings. The number of hydrogen-bond acceptors (Lipinski definition) is 3. The molecular formula is C13H19N3O. The number of rotatable bonds is 4. The average Bonchev–Trinajstić information content (AvgIpc) is 2.28. The molecule has 0 unspecified atom stereocenters. The maximum atomic E-state index is 11.6. The van der Waals surface area contributed by atoms with E-state index in [0.29, 0.717) is 6.54 Å². The van der Waals surface area contributed by atoms with Crippen LogP contribution >= 0.6 is 0 Å². The molecule has 0 radical (unpaired) electrons. The van der Waals surface area contributed by atoms with Crippen LogP contribution in [-0.4, -0.2) is 44.5 Å². The molecule has 1 aliphatic rings. The Kier molecular flexibility index (Phi) is 3.64. The Morgan fingerprint density at radius 3 is 2.88 bits per heavy atom. The predicted molar refractivity (Wildman–Crippen MR) is 70.5 cm³/mol. The van der Waals surface area contributed by atoms with Gasteiger partial charge >= 0.3 is 0 Å². The molecule has 0 atom stereocenters. The molecular weight excluding hydrogens is 214 g/mol. The highest BCUT2D eigenvalue weighted by Gasteiger charge is 2.20. The zero-order valence-electron chi connectivity index (χ0n) is 10.4. The van der Waals surface area contributed by atoms with Crippen molar-refractivity contribution in [3.63, 3.8) is 0 Å². The first-order chi connectivity index (χ1) is 8.16. The molecule has 1 aliphatic heterocycles. The van der Waals surface area contributed by atoms with Crippen LogP contribution in [0.2, 0.25) is 0 Å². The minimum atomic E-state index is 0.0774. The Morgan fingerprint density at radius 2 is 2.12 bits per heavy atom. The van der Waals surface area contributed by atoms with E-state index in [1.54, 1.807) is 0 Å². The summed E-state index contributed by atoms with van der Waals surface area (Å²) in [5.74, 6) is 0.0774. The molecule has 0 saturated carbocycles. The van der Waals surface area contributed by atoms with Crippen LogP contribution in [-0.2, 0) is 4.79 Å². The molecule has 0 aliphatic carbocycles. The summed E-state index contributed by atoms with van der Waals surface area (Å²) in [7, 11) is 4.13. The molecule has 1 N–H and O–H groups in total. The van der Waals surface area contributed by atoms with E-state index in [1.165, 1.54) is 0 Å². The lowest BCUT2D eigenvalue weighted by Crippen LogP contribution is -2.39. The van der Waals surface area contributed by atoms with Crippen LogP contribution in [0.25, 0.3) is 0 Å². The number of benzene rings is 1. The van der Waals surface area contributed by atoms with Crippen LogP contribution in [0, 0.1) is 0 Å². The molecule has 1 aromatic rings. The van der Waals surface area contributed by atoms with E-state index in [4.69, 9.17) is 0 Å². The van der Waals surface area contributed by atoms with Crippen LogP contribution in [0.1, 0.15) is 6.42 Å². The van der Waals surface area contributed by atoms with E-state index in [-0.39, 0.29) is 5.91 Å². The normalized spacial score (nSPS) is 14.8. The minimum Gasteiger partial charge on any atom is -0.360 e. The van der Waals surface area contributed by atoms with E-state index in [0.717, 1.165) is 30.9 Å². The molecule has 92 valence electrons. The fraction of sp³-hybridized carbons (Fsp3) is 0.462. The van der Waals surface area contributed by atoms with Gasteiger partial charge in [0.1, 0.15) is 0 Å².